The molecule has 0 aliphatic rings. The summed E-state index contributed by atoms with van der Waals surface area (Å²) >= 11 is 0. The highest BCUT2D eigenvalue weighted by molar-refractivity contribution is 5.95. The van der Waals surface area contributed by atoms with E-state index in [0.717, 1.165) is 10.9 Å². The van der Waals surface area contributed by atoms with Gasteiger partial charge in [0.25, 0.3) is 0 Å². The van der Waals surface area contributed by atoms with Gasteiger partial charge >= 0.3 is 11.9 Å². The third-order valence-electron chi connectivity index (χ3n) is 6.94. The first-order valence-electron chi connectivity index (χ1n) is 14.0. The zero-order chi connectivity index (χ0) is 31.4. The number of fused-ring (bicyclic) bond motifs is 1. The summed E-state index contributed by atoms with van der Waals surface area (Å²) in [5, 5.41) is 27.4. The van der Waals surface area contributed by atoms with Gasteiger partial charge in [-0.2, -0.15) is 0 Å². The molecule has 43 heavy (non-hydrogen) atoms. The number of para-hydroxylation sites is 1. The Morgan fingerprint density at radius 2 is 1.40 bits per heavy atom. The third-order valence-corrected chi connectivity index (χ3v) is 6.94. The lowest BCUT2D eigenvalue weighted by Crippen LogP contribution is -2.58. The lowest BCUT2D eigenvalue weighted by Gasteiger charge is -2.25. The summed E-state index contributed by atoms with van der Waals surface area (Å²) in [6, 6.07) is 11.2. The molecule has 0 fully saturated rings. The predicted molar refractivity (Wildman–Crippen MR) is 159 cm³/mol. The molecule has 0 aliphatic carbocycles. The first-order valence-corrected chi connectivity index (χ1v) is 14.0. The summed E-state index contributed by atoms with van der Waals surface area (Å²) in [5.41, 5.74) is 13.5. The molecule has 1 aromatic heterocycles. The van der Waals surface area contributed by atoms with Crippen LogP contribution in [0.25, 0.3) is 10.9 Å². The molecule has 10 N–H and O–H groups in total. The minimum atomic E-state index is -1.38. The van der Waals surface area contributed by atoms with Crippen LogP contribution in [0.15, 0.2) is 60.8 Å². The molecule has 230 valence electrons. The van der Waals surface area contributed by atoms with E-state index in [9.17, 15) is 29.1 Å². The average molecular weight is 595 g/mol. The number of carbonyl (C=O) groups excluding carboxylic acids is 3. The second-order valence-electron chi connectivity index (χ2n) is 10.3. The minimum absolute atomic E-state index is 0.00364. The summed E-state index contributed by atoms with van der Waals surface area (Å²) in [4.78, 5) is 65.8. The van der Waals surface area contributed by atoms with Crippen LogP contribution in [0.5, 0.6) is 0 Å². The Bertz CT molecular complexity index is 1410. The number of hydrogen-bond donors (Lipinski definition) is 8. The first-order chi connectivity index (χ1) is 20.6. The standard InChI is InChI=1S/C30H38N6O7/c31-13-7-6-12-23(34-27(39)21(32)16-26(37)38)28(40)35-24(14-18-8-2-1-3-9-18)29(41)36-25(30(42)43)15-19-17-33-22-11-5-4-10-20(19)22/h1-5,8-11,17,21,23-25,33H,6-7,12-16,31-32H2,(H,34,39)(H,35,40)(H,36,41)(H,37,38)(H,42,43). The number of hydrogen-bond acceptors (Lipinski definition) is 7. The topological polar surface area (TPSA) is 230 Å². The van der Waals surface area contributed by atoms with Gasteiger partial charge in [-0.25, -0.2) is 4.79 Å². The molecular formula is C30H38N6O7. The van der Waals surface area contributed by atoms with Crippen molar-refractivity contribution >= 4 is 40.6 Å². The van der Waals surface area contributed by atoms with Gasteiger partial charge in [0.2, 0.25) is 17.7 Å². The van der Waals surface area contributed by atoms with Crippen LogP contribution >= 0.6 is 0 Å². The molecule has 3 rings (SSSR count). The van der Waals surface area contributed by atoms with E-state index >= 15 is 0 Å². The van der Waals surface area contributed by atoms with Crippen LogP contribution in [0.2, 0.25) is 0 Å². The van der Waals surface area contributed by atoms with Crippen molar-refractivity contribution < 1.29 is 34.2 Å². The van der Waals surface area contributed by atoms with Crippen molar-refractivity contribution in [2.45, 2.75) is 62.7 Å². The maximum Gasteiger partial charge on any atom is 0.326 e. The van der Waals surface area contributed by atoms with Crippen molar-refractivity contribution in [1.29, 1.82) is 0 Å². The van der Waals surface area contributed by atoms with Crippen molar-refractivity contribution in [3.05, 3.63) is 71.9 Å². The number of unbranched alkanes of at least 4 members (excludes halogenated alkanes) is 1. The monoisotopic (exact) mass is 594 g/mol. The van der Waals surface area contributed by atoms with Crippen LogP contribution in [0, 0.1) is 0 Å². The van der Waals surface area contributed by atoms with Gasteiger partial charge in [-0.05, 0) is 43.0 Å². The number of carboxylic acid groups (broad SMARTS) is 2. The van der Waals surface area contributed by atoms with Crippen LogP contribution in [-0.4, -0.2) is 75.6 Å². The van der Waals surface area contributed by atoms with Gasteiger partial charge in [-0.15, -0.1) is 0 Å². The zero-order valence-electron chi connectivity index (χ0n) is 23.6. The summed E-state index contributed by atoms with van der Waals surface area (Å²) in [6.45, 7) is 0.354. The van der Waals surface area contributed by atoms with Crippen LogP contribution in [0.4, 0.5) is 0 Å². The van der Waals surface area contributed by atoms with E-state index in [2.05, 4.69) is 20.9 Å². The fourth-order valence-corrected chi connectivity index (χ4v) is 4.65. The van der Waals surface area contributed by atoms with Gasteiger partial charge < -0.3 is 42.6 Å². The quantitative estimate of drug-likeness (QED) is 0.101. The van der Waals surface area contributed by atoms with Crippen molar-refractivity contribution in [2.75, 3.05) is 6.54 Å². The summed E-state index contributed by atoms with van der Waals surface area (Å²) in [7, 11) is 0. The Labute approximate surface area is 248 Å². The highest BCUT2D eigenvalue weighted by atomic mass is 16.4. The van der Waals surface area contributed by atoms with E-state index in [-0.39, 0.29) is 19.3 Å². The van der Waals surface area contributed by atoms with E-state index in [1.54, 1.807) is 36.5 Å². The number of carbonyl (C=O) groups is 5. The van der Waals surface area contributed by atoms with Crippen molar-refractivity contribution in [3.8, 4) is 0 Å². The number of carboxylic acids is 2. The van der Waals surface area contributed by atoms with E-state index < -0.39 is 60.2 Å². The second-order valence-corrected chi connectivity index (χ2v) is 10.3. The van der Waals surface area contributed by atoms with E-state index in [1.807, 2.05) is 24.3 Å². The second kappa shape index (κ2) is 16.0. The molecule has 0 bridgehead atoms. The predicted octanol–water partition coefficient (Wildman–Crippen LogP) is 0.423. The highest BCUT2D eigenvalue weighted by Gasteiger charge is 2.31. The SMILES string of the molecule is NCCCCC(NC(=O)C(N)CC(=O)O)C(=O)NC(Cc1ccccc1)C(=O)NC(Cc1c[nH]c2ccccc12)C(=O)O. The Morgan fingerprint density at radius 3 is 2.07 bits per heavy atom. The van der Waals surface area contributed by atoms with Crippen LogP contribution in [-0.2, 0) is 36.8 Å². The molecule has 1 heterocycles. The van der Waals surface area contributed by atoms with Gasteiger partial charge in [-0.3, -0.25) is 19.2 Å². The van der Waals surface area contributed by atoms with Crippen molar-refractivity contribution in [3.63, 3.8) is 0 Å². The molecule has 0 saturated carbocycles. The van der Waals surface area contributed by atoms with Gasteiger partial charge in [0.05, 0.1) is 12.5 Å². The van der Waals surface area contributed by atoms with Crippen molar-refractivity contribution in [1.82, 2.24) is 20.9 Å². The average Bonchev–Trinajstić information content (AvgIpc) is 3.38. The molecule has 0 radical (unpaired) electrons. The summed E-state index contributed by atoms with van der Waals surface area (Å²) < 4.78 is 0. The summed E-state index contributed by atoms with van der Waals surface area (Å²) in [6.07, 6.45) is 2.28. The van der Waals surface area contributed by atoms with E-state index in [4.69, 9.17) is 16.6 Å². The number of H-pyrrole nitrogens is 1. The number of rotatable bonds is 17. The molecule has 0 saturated heterocycles. The number of aromatic amines is 1. The minimum Gasteiger partial charge on any atom is -0.481 e. The number of nitrogens with two attached hydrogens (primary N) is 2. The van der Waals surface area contributed by atoms with Gasteiger partial charge in [-0.1, -0.05) is 48.5 Å². The third kappa shape index (κ3) is 9.94. The molecule has 13 heteroatoms. The molecule has 0 aliphatic heterocycles. The van der Waals surface area contributed by atoms with E-state index in [1.165, 1.54) is 0 Å². The maximum atomic E-state index is 13.5. The lowest BCUT2D eigenvalue weighted by atomic mass is 10.0. The smallest absolute Gasteiger partial charge is 0.326 e. The lowest BCUT2D eigenvalue weighted by molar-refractivity contribution is -0.142. The van der Waals surface area contributed by atoms with Gasteiger partial charge in [0.1, 0.15) is 18.1 Å². The first kappa shape index (κ1) is 32.8. The number of nitrogens with one attached hydrogen (secondary N) is 4. The number of benzene rings is 2. The van der Waals surface area contributed by atoms with Crippen molar-refractivity contribution in [2.24, 2.45) is 11.5 Å². The molecule has 3 amide bonds. The highest BCUT2D eigenvalue weighted by Crippen LogP contribution is 2.19. The number of aliphatic carboxylic acids is 2. The van der Waals surface area contributed by atoms with Crippen LogP contribution in [0.1, 0.15) is 36.8 Å². The van der Waals surface area contributed by atoms with Crippen LogP contribution in [0.3, 0.4) is 0 Å². The molecule has 2 aromatic carbocycles. The van der Waals surface area contributed by atoms with Gasteiger partial charge in [0.15, 0.2) is 0 Å². The molecule has 13 nitrogen and oxygen atoms in total. The Morgan fingerprint density at radius 1 is 0.767 bits per heavy atom. The Hall–Kier alpha value is -4.75. The fourth-order valence-electron chi connectivity index (χ4n) is 4.65. The number of aromatic nitrogens is 1. The Balaban J connectivity index is 1.80. The van der Waals surface area contributed by atoms with E-state index in [0.29, 0.717) is 30.5 Å². The Kier molecular flexibility index (Phi) is 12.2. The molecule has 4 atom stereocenters. The summed E-state index contributed by atoms with van der Waals surface area (Å²) in [5.74, 6) is -4.77. The van der Waals surface area contributed by atoms with Crippen LogP contribution < -0.4 is 27.4 Å². The fraction of sp³-hybridized carbons (Fsp3) is 0.367. The molecule has 3 aromatic rings. The number of amides is 3. The molecule has 0 spiro atoms. The molecular weight excluding hydrogens is 556 g/mol. The normalized spacial score (nSPS) is 13.8. The van der Waals surface area contributed by atoms with Gasteiger partial charge in [0, 0.05) is 29.9 Å². The zero-order valence-corrected chi connectivity index (χ0v) is 23.6. The largest absolute Gasteiger partial charge is 0.481 e. The molecule has 4 unspecified atom stereocenters. The maximum absolute atomic E-state index is 13.5.